The lowest BCUT2D eigenvalue weighted by Crippen LogP contribution is -2.31. The van der Waals surface area contributed by atoms with Gasteiger partial charge in [0, 0.05) is 18.8 Å². The van der Waals surface area contributed by atoms with Crippen LogP contribution in [0.5, 0.6) is 0 Å². The second-order valence-corrected chi connectivity index (χ2v) is 11.0. The predicted molar refractivity (Wildman–Crippen MR) is 119 cm³/mol. The number of aliphatic hydroxyl groups excluding tert-OH is 2. The zero-order valence-corrected chi connectivity index (χ0v) is 19.7. The molecule has 5 nitrogen and oxygen atoms in total. The van der Waals surface area contributed by atoms with Gasteiger partial charge < -0.3 is 14.9 Å². The smallest absolute Gasteiger partial charge is 0.305 e. The van der Waals surface area contributed by atoms with Crippen molar-refractivity contribution in [3.05, 3.63) is 12.2 Å². The molecular formula is C22H33Cl3O5. The topological polar surface area (TPSA) is 83.8 Å². The van der Waals surface area contributed by atoms with E-state index >= 15 is 0 Å². The van der Waals surface area contributed by atoms with E-state index in [9.17, 15) is 19.8 Å². The van der Waals surface area contributed by atoms with Gasteiger partial charge in [0.05, 0.1) is 12.2 Å². The van der Waals surface area contributed by atoms with Crippen molar-refractivity contribution in [2.45, 2.75) is 80.7 Å². The van der Waals surface area contributed by atoms with Gasteiger partial charge in [-0.05, 0) is 43.4 Å². The van der Waals surface area contributed by atoms with Crippen LogP contribution in [-0.4, -0.2) is 44.6 Å². The Kier molecular flexibility index (Phi) is 10.4. The largest absolute Gasteiger partial charge is 0.461 e. The zero-order chi connectivity index (χ0) is 22.3. The third-order valence-corrected chi connectivity index (χ3v) is 6.53. The van der Waals surface area contributed by atoms with Crippen molar-refractivity contribution in [3.8, 4) is 0 Å². The van der Waals surface area contributed by atoms with Crippen molar-refractivity contribution >= 4 is 46.6 Å². The molecule has 6 atom stereocenters. The molecule has 2 rings (SSSR count). The molecule has 0 saturated heterocycles. The Morgan fingerprint density at radius 1 is 1.23 bits per heavy atom. The average molecular weight is 484 g/mol. The summed E-state index contributed by atoms with van der Waals surface area (Å²) >= 11 is 16.6. The van der Waals surface area contributed by atoms with Crippen molar-refractivity contribution in [2.24, 2.45) is 23.7 Å². The van der Waals surface area contributed by atoms with Gasteiger partial charge in [0.2, 0.25) is 3.79 Å². The molecule has 2 aliphatic rings. The maximum atomic E-state index is 12.3. The van der Waals surface area contributed by atoms with E-state index < -0.39 is 22.0 Å². The third-order valence-electron chi connectivity index (χ3n) is 6.20. The molecule has 0 bridgehead atoms. The Labute approximate surface area is 194 Å². The van der Waals surface area contributed by atoms with Gasteiger partial charge in [-0.3, -0.25) is 9.59 Å². The number of aliphatic hydroxyl groups is 2. The monoisotopic (exact) mass is 482 g/mol. The van der Waals surface area contributed by atoms with Gasteiger partial charge in [0.15, 0.2) is 0 Å². The number of carbonyl (C=O) groups excluding carboxylic acids is 2. The van der Waals surface area contributed by atoms with Crippen molar-refractivity contribution in [3.63, 3.8) is 0 Å². The van der Waals surface area contributed by atoms with E-state index in [1.54, 1.807) is 0 Å². The number of allylic oxidation sites excluding steroid dienone is 2. The van der Waals surface area contributed by atoms with Crippen LogP contribution in [0.1, 0.15) is 64.7 Å². The Balaban J connectivity index is 1.67. The lowest BCUT2D eigenvalue weighted by Gasteiger charge is -2.21. The van der Waals surface area contributed by atoms with Gasteiger partial charge in [-0.15, -0.1) is 0 Å². The summed E-state index contributed by atoms with van der Waals surface area (Å²) in [6.45, 7) is 1.84. The first-order valence-corrected chi connectivity index (χ1v) is 12.0. The Morgan fingerprint density at radius 3 is 2.63 bits per heavy atom. The molecule has 0 amide bonds. The van der Waals surface area contributed by atoms with Crippen LogP contribution >= 0.6 is 34.8 Å². The number of hydrogen-bond donors (Lipinski definition) is 2. The van der Waals surface area contributed by atoms with E-state index in [0.717, 1.165) is 19.3 Å². The van der Waals surface area contributed by atoms with Gasteiger partial charge in [-0.1, -0.05) is 73.1 Å². The van der Waals surface area contributed by atoms with Gasteiger partial charge in [0.25, 0.3) is 0 Å². The minimum atomic E-state index is -1.60. The van der Waals surface area contributed by atoms with Crippen LogP contribution in [-0.2, 0) is 14.3 Å². The minimum absolute atomic E-state index is 0.0467. The number of carbonyl (C=O) groups is 2. The van der Waals surface area contributed by atoms with Crippen LogP contribution < -0.4 is 0 Å². The van der Waals surface area contributed by atoms with Crippen LogP contribution in [0.4, 0.5) is 0 Å². The summed E-state index contributed by atoms with van der Waals surface area (Å²) in [6.07, 6.45) is 8.91. The fourth-order valence-electron chi connectivity index (χ4n) is 4.62. The molecular weight excluding hydrogens is 451 g/mol. The van der Waals surface area contributed by atoms with Crippen LogP contribution in [0.15, 0.2) is 12.2 Å². The summed E-state index contributed by atoms with van der Waals surface area (Å²) in [7, 11) is 0. The lowest BCUT2D eigenvalue weighted by molar-refractivity contribution is -0.143. The number of hydrogen-bond acceptors (Lipinski definition) is 5. The van der Waals surface area contributed by atoms with Gasteiger partial charge in [-0.2, -0.15) is 0 Å². The molecule has 172 valence electrons. The van der Waals surface area contributed by atoms with Crippen LogP contribution in [0.3, 0.4) is 0 Å². The number of ether oxygens (including phenoxy) is 1. The molecule has 2 saturated carbocycles. The van der Waals surface area contributed by atoms with E-state index in [1.165, 1.54) is 0 Å². The number of halogens is 3. The third kappa shape index (κ3) is 7.98. The van der Waals surface area contributed by atoms with Crippen LogP contribution in [0, 0.1) is 23.7 Å². The fraction of sp³-hybridized carbons (Fsp3) is 0.818. The Morgan fingerprint density at radius 2 is 1.97 bits per heavy atom. The summed E-state index contributed by atoms with van der Waals surface area (Å²) in [5.41, 5.74) is 0. The Bertz CT molecular complexity index is 604. The molecule has 2 fully saturated rings. The van der Waals surface area contributed by atoms with Gasteiger partial charge in [-0.25, -0.2) is 0 Å². The first-order valence-electron chi connectivity index (χ1n) is 10.9. The van der Waals surface area contributed by atoms with E-state index in [-0.39, 0.29) is 42.5 Å². The van der Waals surface area contributed by atoms with Crippen molar-refractivity contribution in [1.82, 2.24) is 0 Å². The highest BCUT2D eigenvalue weighted by Crippen LogP contribution is 2.61. The van der Waals surface area contributed by atoms with E-state index in [0.29, 0.717) is 32.1 Å². The number of esters is 1. The van der Waals surface area contributed by atoms with E-state index in [2.05, 4.69) is 6.92 Å². The summed E-state index contributed by atoms with van der Waals surface area (Å²) in [4.78, 5) is 23.8. The molecule has 8 heteroatoms. The Hall–Kier alpha value is -0.330. The SMILES string of the molecule is CCCCCC(O)C(O)C1C2CC(=O)C(CC=CCCCC(=O)OCC(Cl)(Cl)Cl)C21. The number of unbranched alkanes of at least 4 members (excludes halogenated alkanes) is 3. The molecule has 30 heavy (non-hydrogen) atoms. The quantitative estimate of drug-likeness (QED) is 0.171. The zero-order valence-electron chi connectivity index (χ0n) is 17.4. The minimum Gasteiger partial charge on any atom is -0.461 e. The maximum Gasteiger partial charge on any atom is 0.305 e. The molecule has 0 aromatic carbocycles. The molecule has 2 aliphatic carbocycles. The standard InChI is InChI=1S/C22H33Cl3O5/c1-2-3-6-10-16(26)21(29)20-15-12-17(27)14(19(15)20)9-7-4-5-8-11-18(28)30-13-22(23,24)25/h4,7,14-16,19-21,26,29H,2-3,5-6,8-13H2,1H3. The van der Waals surface area contributed by atoms with Crippen molar-refractivity contribution in [2.75, 3.05) is 6.61 Å². The summed E-state index contributed by atoms with van der Waals surface area (Å²) < 4.78 is 3.27. The molecule has 6 unspecified atom stereocenters. The highest BCUT2D eigenvalue weighted by atomic mass is 35.6. The number of rotatable bonds is 13. The second-order valence-electron chi connectivity index (χ2n) is 8.52. The number of alkyl halides is 3. The van der Waals surface area contributed by atoms with Crippen molar-refractivity contribution in [1.29, 1.82) is 0 Å². The summed E-state index contributed by atoms with van der Waals surface area (Å²) in [6, 6.07) is 0. The van der Waals surface area contributed by atoms with E-state index in [1.807, 2.05) is 12.2 Å². The highest BCUT2D eigenvalue weighted by molar-refractivity contribution is 6.67. The van der Waals surface area contributed by atoms with Gasteiger partial charge in [0.1, 0.15) is 12.4 Å². The number of ketones is 1. The molecule has 0 aromatic heterocycles. The van der Waals surface area contributed by atoms with Crippen LogP contribution in [0.2, 0.25) is 0 Å². The second kappa shape index (κ2) is 12.1. The normalized spacial score (nSPS) is 27.9. The molecule has 0 spiro atoms. The lowest BCUT2D eigenvalue weighted by atomic mass is 9.90. The maximum absolute atomic E-state index is 12.3. The highest BCUT2D eigenvalue weighted by Gasteiger charge is 2.64. The molecule has 0 heterocycles. The van der Waals surface area contributed by atoms with Crippen molar-refractivity contribution < 1.29 is 24.5 Å². The average Bonchev–Trinajstić information content (AvgIpc) is 3.27. The predicted octanol–water partition coefficient (Wildman–Crippen LogP) is 4.77. The summed E-state index contributed by atoms with van der Waals surface area (Å²) in [5, 5.41) is 20.8. The molecule has 0 aromatic rings. The number of Topliss-reactive ketones (excluding diaryl/α,β-unsaturated/α-hetero) is 1. The van der Waals surface area contributed by atoms with Crippen LogP contribution in [0.25, 0.3) is 0 Å². The molecule has 2 N–H and O–H groups in total. The molecule has 0 radical (unpaired) electrons. The first kappa shape index (κ1) is 25.9. The van der Waals surface area contributed by atoms with E-state index in [4.69, 9.17) is 39.5 Å². The first-order chi connectivity index (χ1) is 14.2. The number of fused-ring (bicyclic) bond motifs is 1. The summed E-state index contributed by atoms with van der Waals surface area (Å²) in [5.74, 6) is 0.243. The fourth-order valence-corrected chi connectivity index (χ4v) is 4.79. The molecule has 0 aliphatic heterocycles. The van der Waals surface area contributed by atoms with Gasteiger partial charge >= 0.3 is 5.97 Å².